The summed E-state index contributed by atoms with van der Waals surface area (Å²) in [7, 11) is 1.67. The first-order valence-electron chi connectivity index (χ1n) is 9.18. The summed E-state index contributed by atoms with van der Waals surface area (Å²) in [5, 5.41) is -0.264. The van der Waals surface area contributed by atoms with E-state index in [-0.39, 0.29) is 5.02 Å². The summed E-state index contributed by atoms with van der Waals surface area (Å²) < 4.78 is 44.7. The summed E-state index contributed by atoms with van der Waals surface area (Å²) in [6, 6.07) is 8.21. The van der Waals surface area contributed by atoms with Gasteiger partial charge in [-0.25, -0.2) is 0 Å². The zero-order valence-corrected chi connectivity index (χ0v) is 17.0. The minimum atomic E-state index is -4.45. The van der Waals surface area contributed by atoms with Crippen molar-refractivity contribution in [2.75, 3.05) is 38.2 Å². The highest BCUT2D eigenvalue weighted by molar-refractivity contribution is 6.31. The molecule has 7 heteroatoms. The van der Waals surface area contributed by atoms with Crippen molar-refractivity contribution in [2.45, 2.75) is 26.6 Å². The van der Waals surface area contributed by atoms with Gasteiger partial charge in [-0.2, -0.15) is 13.2 Å². The number of alkyl halides is 3. The molecule has 0 amide bonds. The second-order valence-electron chi connectivity index (χ2n) is 7.10. The molecule has 28 heavy (non-hydrogen) atoms. The molecule has 2 aromatic rings. The highest BCUT2D eigenvalue weighted by Crippen LogP contribution is 2.37. The minimum Gasteiger partial charge on any atom is -0.496 e. The molecule has 0 atom stereocenters. The average Bonchev–Trinajstić information content (AvgIpc) is 2.66. The van der Waals surface area contributed by atoms with Crippen LogP contribution in [0.2, 0.25) is 5.02 Å². The number of hydrogen-bond acceptors (Lipinski definition) is 3. The first-order chi connectivity index (χ1) is 13.2. The Labute approximate surface area is 168 Å². The van der Waals surface area contributed by atoms with Crippen LogP contribution in [0.4, 0.5) is 18.9 Å². The Morgan fingerprint density at radius 3 is 2.29 bits per heavy atom. The van der Waals surface area contributed by atoms with Crippen molar-refractivity contribution in [1.82, 2.24) is 4.90 Å². The third kappa shape index (κ3) is 4.39. The fourth-order valence-corrected chi connectivity index (χ4v) is 3.80. The molecule has 0 radical (unpaired) electrons. The Morgan fingerprint density at radius 2 is 1.68 bits per heavy atom. The minimum absolute atomic E-state index is 0.264. The van der Waals surface area contributed by atoms with Crippen LogP contribution in [-0.4, -0.2) is 38.2 Å². The Balaban J connectivity index is 1.66. The molecule has 1 aliphatic rings. The highest BCUT2D eigenvalue weighted by Gasteiger charge is 2.34. The molecule has 3 nitrogen and oxygen atoms in total. The van der Waals surface area contributed by atoms with Crippen molar-refractivity contribution in [1.29, 1.82) is 0 Å². The fraction of sp³-hybridized carbons (Fsp3) is 0.429. The van der Waals surface area contributed by atoms with Crippen LogP contribution in [-0.2, 0) is 12.7 Å². The monoisotopic (exact) mass is 412 g/mol. The van der Waals surface area contributed by atoms with E-state index in [1.165, 1.54) is 17.2 Å². The summed E-state index contributed by atoms with van der Waals surface area (Å²) in [6.45, 7) is 7.88. The number of rotatable bonds is 4. The van der Waals surface area contributed by atoms with E-state index in [2.05, 4.69) is 17.9 Å². The van der Waals surface area contributed by atoms with Crippen molar-refractivity contribution in [3.63, 3.8) is 0 Å². The predicted octanol–water partition coefficient (Wildman–Crippen LogP) is 5.31. The second-order valence-corrected chi connectivity index (χ2v) is 7.51. The smallest absolute Gasteiger partial charge is 0.417 e. The molecular weight excluding hydrogens is 389 g/mol. The Bertz CT molecular complexity index is 846. The molecule has 1 aliphatic heterocycles. The lowest BCUT2D eigenvalue weighted by atomic mass is 10.0. The molecule has 0 unspecified atom stereocenters. The van der Waals surface area contributed by atoms with E-state index in [0.717, 1.165) is 37.0 Å². The first-order valence-corrected chi connectivity index (χ1v) is 9.55. The number of halogens is 4. The number of anilines is 1. The van der Waals surface area contributed by atoms with E-state index in [4.69, 9.17) is 16.3 Å². The van der Waals surface area contributed by atoms with Crippen molar-refractivity contribution < 1.29 is 17.9 Å². The molecule has 1 fully saturated rings. The lowest BCUT2D eigenvalue weighted by Crippen LogP contribution is -2.46. The van der Waals surface area contributed by atoms with Gasteiger partial charge in [-0.05, 0) is 54.8 Å². The third-order valence-electron chi connectivity index (χ3n) is 5.46. The summed E-state index contributed by atoms with van der Waals surface area (Å²) in [5.74, 6) is 0.884. The topological polar surface area (TPSA) is 15.7 Å². The van der Waals surface area contributed by atoms with Crippen LogP contribution in [0.3, 0.4) is 0 Å². The molecule has 0 saturated carbocycles. The van der Waals surface area contributed by atoms with Crippen molar-refractivity contribution in [3.8, 4) is 5.75 Å². The maximum absolute atomic E-state index is 13.1. The van der Waals surface area contributed by atoms with Gasteiger partial charge in [-0.3, -0.25) is 4.90 Å². The van der Waals surface area contributed by atoms with Crippen molar-refractivity contribution in [2.24, 2.45) is 0 Å². The predicted molar refractivity (Wildman–Crippen MR) is 106 cm³/mol. The molecule has 1 heterocycles. The van der Waals surface area contributed by atoms with Gasteiger partial charge in [-0.15, -0.1) is 0 Å². The molecule has 3 rings (SSSR count). The Kier molecular flexibility index (Phi) is 6.10. The molecule has 0 bridgehead atoms. The number of piperazine rings is 1. The average molecular weight is 413 g/mol. The number of benzene rings is 2. The van der Waals surface area contributed by atoms with Gasteiger partial charge in [0.15, 0.2) is 0 Å². The maximum atomic E-state index is 13.1. The van der Waals surface area contributed by atoms with Crippen LogP contribution in [0, 0.1) is 13.8 Å². The Morgan fingerprint density at radius 1 is 1.00 bits per heavy atom. The van der Waals surface area contributed by atoms with Gasteiger partial charge < -0.3 is 9.64 Å². The second kappa shape index (κ2) is 8.21. The normalized spacial score (nSPS) is 15.8. The molecular formula is C21H24ClF3N2O. The highest BCUT2D eigenvalue weighted by atomic mass is 35.5. The zero-order chi connectivity index (χ0) is 20.5. The molecule has 0 N–H and O–H groups in total. The van der Waals surface area contributed by atoms with E-state index < -0.39 is 11.7 Å². The lowest BCUT2D eigenvalue weighted by Gasteiger charge is -2.36. The SMILES string of the molecule is COc1ccc(CN2CCN(c3ccc(Cl)c(C(F)(F)F)c3)CC2)c(C)c1C. The van der Waals surface area contributed by atoms with Crippen LogP contribution in [0.1, 0.15) is 22.3 Å². The molecule has 0 aliphatic carbocycles. The maximum Gasteiger partial charge on any atom is 0.417 e. The lowest BCUT2D eigenvalue weighted by molar-refractivity contribution is -0.137. The van der Waals surface area contributed by atoms with Gasteiger partial charge in [0.25, 0.3) is 0 Å². The molecule has 152 valence electrons. The number of ether oxygens (including phenoxy) is 1. The Hall–Kier alpha value is -1.92. The van der Waals surface area contributed by atoms with Crippen LogP contribution >= 0.6 is 11.6 Å². The van der Waals surface area contributed by atoms with E-state index in [1.807, 2.05) is 17.9 Å². The van der Waals surface area contributed by atoms with Crippen LogP contribution < -0.4 is 9.64 Å². The quantitative estimate of drug-likeness (QED) is 0.677. The largest absolute Gasteiger partial charge is 0.496 e. The summed E-state index contributed by atoms with van der Waals surface area (Å²) in [5.41, 5.74) is 3.39. The summed E-state index contributed by atoms with van der Waals surface area (Å²) in [6.07, 6.45) is -4.45. The van der Waals surface area contributed by atoms with E-state index >= 15 is 0 Å². The van der Waals surface area contributed by atoms with Crippen LogP contribution in [0.5, 0.6) is 5.75 Å². The van der Waals surface area contributed by atoms with Gasteiger partial charge in [-0.1, -0.05) is 17.7 Å². The number of nitrogens with zero attached hydrogens (tertiary/aromatic N) is 2. The third-order valence-corrected chi connectivity index (χ3v) is 5.79. The van der Waals surface area contributed by atoms with Crippen molar-refractivity contribution >= 4 is 17.3 Å². The summed E-state index contributed by atoms with van der Waals surface area (Å²) in [4.78, 5) is 4.31. The van der Waals surface area contributed by atoms with Crippen LogP contribution in [0.25, 0.3) is 0 Å². The van der Waals surface area contributed by atoms with Gasteiger partial charge in [0.1, 0.15) is 5.75 Å². The van der Waals surface area contributed by atoms with Gasteiger partial charge >= 0.3 is 6.18 Å². The van der Waals surface area contributed by atoms with E-state index in [0.29, 0.717) is 18.8 Å². The summed E-state index contributed by atoms with van der Waals surface area (Å²) >= 11 is 5.73. The molecule has 0 spiro atoms. The van der Waals surface area contributed by atoms with Gasteiger partial charge in [0.2, 0.25) is 0 Å². The van der Waals surface area contributed by atoms with Gasteiger partial charge in [0.05, 0.1) is 17.7 Å². The number of hydrogen-bond donors (Lipinski definition) is 0. The van der Waals surface area contributed by atoms with Gasteiger partial charge in [0, 0.05) is 38.4 Å². The molecule has 2 aromatic carbocycles. The molecule has 1 saturated heterocycles. The van der Waals surface area contributed by atoms with E-state index in [1.54, 1.807) is 13.2 Å². The first kappa shape index (κ1) is 20.8. The zero-order valence-electron chi connectivity index (χ0n) is 16.2. The van der Waals surface area contributed by atoms with Crippen molar-refractivity contribution in [3.05, 3.63) is 57.6 Å². The molecule has 0 aromatic heterocycles. The number of methoxy groups -OCH3 is 1. The standard InChI is InChI=1S/C21H24ClF3N2O/c1-14-15(2)20(28-3)7-4-16(14)13-26-8-10-27(11-9-26)17-5-6-19(22)18(12-17)21(23,24)25/h4-7,12H,8-11,13H2,1-3H3. The van der Waals surface area contributed by atoms with E-state index in [9.17, 15) is 13.2 Å². The fourth-order valence-electron chi connectivity index (χ4n) is 3.58. The van der Waals surface area contributed by atoms with Crippen LogP contribution in [0.15, 0.2) is 30.3 Å².